The van der Waals surface area contributed by atoms with Gasteiger partial charge in [0.05, 0.1) is 17.7 Å². The van der Waals surface area contributed by atoms with Crippen LogP contribution in [0.15, 0.2) is 53.4 Å². The van der Waals surface area contributed by atoms with Crippen molar-refractivity contribution in [3.8, 4) is 5.75 Å². The molecule has 0 bridgehead atoms. The molecule has 2 aromatic carbocycles. The molecule has 1 aliphatic rings. The highest BCUT2D eigenvalue weighted by Gasteiger charge is 2.30. The van der Waals surface area contributed by atoms with E-state index in [2.05, 4.69) is 0 Å². The Morgan fingerprint density at radius 3 is 2.24 bits per heavy atom. The van der Waals surface area contributed by atoms with E-state index in [9.17, 15) is 17.6 Å². The first-order valence-electron chi connectivity index (χ1n) is 9.62. The molecule has 0 N–H and O–H groups in total. The Balaban J connectivity index is 1.96. The number of rotatable bonds is 6. The summed E-state index contributed by atoms with van der Waals surface area (Å²) in [5, 5.41) is 0. The lowest BCUT2D eigenvalue weighted by Gasteiger charge is -2.28. The van der Waals surface area contributed by atoms with Crippen molar-refractivity contribution in [3.63, 3.8) is 0 Å². The average molecular weight is 421 g/mol. The summed E-state index contributed by atoms with van der Waals surface area (Å²) in [4.78, 5) is 14.5. The predicted octanol–water partition coefficient (Wildman–Crippen LogP) is 3.43. The van der Waals surface area contributed by atoms with E-state index >= 15 is 0 Å². The number of likely N-dealkylation sites (tertiary alicyclic amines) is 1. The minimum Gasteiger partial charge on any atom is -0.497 e. The molecule has 0 spiro atoms. The van der Waals surface area contributed by atoms with Gasteiger partial charge in [-0.3, -0.25) is 9.10 Å². The van der Waals surface area contributed by atoms with Gasteiger partial charge in [0, 0.05) is 13.1 Å². The van der Waals surface area contributed by atoms with E-state index < -0.39 is 22.4 Å². The first-order valence-corrected chi connectivity index (χ1v) is 11.1. The van der Waals surface area contributed by atoms with Gasteiger partial charge >= 0.3 is 0 Å². The molecule has 0 unspecified atom stereocenters. The van der Waals surface area contributed by atoms with E-state index in [1.807, 2.05) is 0 Å². The lowest BCUT2D eigenvalue weighted by atomic mass is 10.2. The van der Waals surface area contributed by atoms with Gasteiger partial charge in [0.2, 0.25) is 5.91 Å². The smallest absolute Gasteiger partial charge is 0.264 e. The molecule has 0 aromatic heterocycles. The zero-order chi connectivity index (χ0) is 20.9. The maximum atomic E-state index is 14.5. The Morgan fingerprint density at radius 1 is 1.03 bits per heavy atom. The summed E-state index contributed by atoms with van der Waals surface area (Å²) in [6, 6.07) is 11.4. The van der Waals surface area contributed by atoms with Crippen LogP contribution >= 0.6 is 0 Å². The zero-order valence-corrected chi connectivity index (χ0v) is 17.2. The van der Waals surface area contributed by atoms with Gasteiger partial charge in [-0.05, 0) is 49.2 Å². The maximum Gasteiger partial charge on any atom is 0.264 e. The highest BCUT2D eigenvalue weighted by molar-refractivity contribution is 7.92. The molecule has 1 fully saturated rings. The quantitative estimate of drug-likeness (QED) is 0.718. The number of amides is 1. The normalized spacial score (nSPS) is 14.9. The van der Waals surface area contributed by atoms with E-state index in [1.165, 1.54) is 49.6 Å². The van der Waals surface area contributed by atoms with Crippen LogP contribution in [0.3, 0.4) is 0 Å². The molecular weight excluding hydrogens is 395 g/mol. The molecule has 3 rings (SSSR count). The first-order chi connectivity index (χ1) is 13.9. The van der Waals surface area contributed by atoms with E-state index in [-0.39, 0.29) is 16.5 Å². The molecule has 1 saturated heterocycles. The Morgan fingerprint density at radius 2 is 1.66 bits per heavy atom. The Hall–Kier alpha value is -2.61. The summed E-state index contributed by atoms with van der Waals surface area (Å²) < 4.78 is 47.1. The second-order valence-electron chi connectivity index (χ2n) is 6.93. The van der Waals surface area contributed by atoms with Crippen molar-refractivity contribution >= 4 is 21.6 Å². The molecule has 6 nitrogen and oxygen atoms in total. The second kappa shape index (κ2) is 9.26. The van der Waals surface area contributed by atoms with Gasteiger partial charge in [0.1, 0.15) is 18.1 Å². The number of nitrogens with zero attached hydrogens (tertiary/aromatic N) is 2. The van der Waals surface area contributed by atoms with Crippen LogP contribution in [-0.2, 0) is 14.8 Å². The number of benzene rings is 2. The molecule has 156 valence electrons. The fraction of sp³-hybridized carbons (Fsp3) is 0.381. The van der Waals surface area contributed by atoms with Gasteiger partial charge in [-0.15, -0.1) is 0 Å². The molecule has 0 radical (unpaired) electrons. The molecule has 1 aliphatic heterocycles. The number of carbonyl (C=O) groups is 1. The fourth-order valence-electron chi connectivity index (χ4n) is 3.37. The van der Waals surface area contributed by atoms with Crippen molar-refractivity contribution in [2.24, 2.45) is 0 Å². The molecule has 1 heterocycles. The van der Waals surface area contributed by atoms with E-state index in [4.69, 9.17) is 4.74 Å². The monoisotopic (exact) mass is 420 g/mol. The third-order valence-corrected chi connectivity index (χ3v) is 6.78. The molecule has 2 aromatic rings. The Kier molecular flexibility index (Phi) is 6.74. The van der Waals surface area contributed by atoms with E-state index in [0.717, 1.165) is 30.0 Å². The molecule has 1 amide bonds. The highest BCUT2D eigenvalue weighted by atomic mass is 32.2. The third kappa shape index (κ3) is 4.87. The maximum absolute atomic E-state index is 14.5. The van der Waals surface area contributed by atoms with Crippen LogP contribution in [0.25, 0.3) is 0 Å². The minimum absolute atomic E-state index is 0.0368. The Labute approximate surface area is 170 Å². The Bertz CT molecular complexity index is 939. The van der Waals surface area contributed by atoms with Crippen LogP contribution in [0.5, 0.6) is 5.75 Å². The number of sulfonamides is 1. The average Bonchev–Trinajstić information content (AvgIpc) is 3.02. The zero-order valence-electron chi connectivity index (χ0n) is 16.4. The summed E-state index contributed by atoms with van der Waals surface area (Å²) in [7, 11) is -2.67. The van der Waals surface area contributed by atoms with Gasteiger partial charge in [0.25, 0.3) is 10.0 Å². The minimum atomic E-state index is -4.15. The summed E-state index contributed by atoms with van der Waals surface area (Å²) in [5.41, 5.74) is -0.147. The molecule has 29 heavy (non-hydrogen) atoms. The van der Waals surface area contributed by atoms with Crippen molar-refractivity contribution in [2.75, 3.05) is 31.0 Å². The van der Waals surface area contributed by atoms with Crippen LogP contribution in [0.1, 0.15) is 25.7 Å². The van der Waals surface area contributed by atoms with Gasteiger partial charge in [-0.25, -0.2) is 12.8 Å². The molecule has 0 saturated carbocycles. The number of carbonyl (C=O) groups excluding carboxylic acids is 1. The highest BCUT2D eigenvalue weighted by Crippen LogP contribution is 2.27. The summed E-state index contributed by atoms with van der Waals surface area (Å²) in [6.07, 6.45) is 3.86. The number of anilines is 1. The molecular formula is C21H25FN2O4S. The van der Waals surface area contributed by atoms with Gasteiger partial charge < -0.3 is 9.64 Å². The molecule has 0 atom stereocenters. The van der Waals surface area contributed by atoms with Gasteiger partial charge in [-0.1, -0.05) is 25.0 Å². The van der Waals surface area contributed by atoms with Crippen LogP contribution in [0, 0.1) is 5.82 Å². The SMILES string of the molecule is COc1ccc(S(=O)(=O)N(CC(=O)N2CCCCCC2)c2ccccc2F)cc1. The lowest BCUT2D eigenvalue weighted by Crippen LogP contribution is -2.43. The van der Waals surface area contributed by atoms with Crippen LogP contribution in [0.2, 0.25) is 0 Å². The third-order valence-electron chi connectivity index (χ3n) is 5.01. The fourth-order valence-corrected chi connectivity index (χ4v) is 4.79. The van der Waals surface area contributed by atoms with Crippen molar-refractivity contribution < 1.29 is 22.3 Å². The number of hydrogen-bond acceptors (Lipinski definition) is 4. The second-order valence-corrected chi connectivity index (χ2v) is 8.80. The summed E-state index contributed by atoms with van der Waals surface area (Å²) in [6.45, 7) is 0.731. The topological polar surface area (TPSA) is 66.9 Å². The summed E-state index contributed by atoms with van der Waals surface area (Å²) >= 11 is 0. The number of ether oxygens (including phenoxy) is 1. The molecule has 8 heteroatoms. The van der Waals surface area contributed by atoms with Gasteiger partial charge in [0.15, 0.2) is 0 Å². The lowest BCUT2D eigenvalue weighted by molar-refractivity contribution is -0.129. The van der Waals surface area contributed by atoms with Crippen molar-refractivity contribution in [2.45, 2.75) is 30.6 Å². The standard InChI is InChI=1S/C21H25FN2O4S/c1-28-17-10-12-18(13-11-17)29(26,27)24(20-9-5-4-8-19(20)22)16-21(25)23-14-6-2-3-7-15-23/h4-5,8-13H,2-3,6-7,14-16H2,1H3. The van der Waals surface area contributed by atoms with Crippen LogP contribution in [0.4, 0.5) is 10.1 Å². The van der Waals surface area contributed by atoms with Crippen LogP contribution in [-0.4, -0.2) is 46.0 Å². The van der Waals surface area contributed by atoms with E-state index in [0.29, 0.717) is 18.8 Å². The summed E-state index contributed by atoms with van der Waals surface area (Å²) in [5.74, 6) is -0.525. The van der Waals surface area contributed by atoms with Crippen LogP contribution < -0.4 is 9.04 Å². The number of halogens is 1. The molecule has 0 aliphatic carbocycles. The van der Waals surface area contributed by atoms with Crippen molar-refractivity contribution in [1.29, 1.82) is 0 Å². The van der Waals surface area contributed by atoms with E-state index in [1.54, 1.807) is 11.0 Å². The number of hydrogen-bond donors (Lipinski definition) is 0. The number of para-hydroxylation sites is 1. The van der Waals surface area contributed by atoms with Crippen molar-refractivity contribution in [1.82, 2.24) is 4.90 Å². The van der Waals surface area contributed by atoms with Gasteiger partial charge in [-0.2, -0.15) is 0 Å². The van der Waals surface area contributed by atoms with Crippen molar-refractivity contribution in [3.05, 3.63) is 54.3 Å². The largest absolute Gasteiger partial charge is 0.497 e. The first kappa shape index (κ1) is 21.1. The predicted molar refractivity (Wildman–Crippen MR) is 109 cm³/mol. The number of methoxy groups -OCH3 is 1.